The molecule has 0 radical (unpaired) electrons. The van der Waals surface area contributed by atoms with Gasteiger partial charge in [-0.3, -0.25) is 0 Å². The lowest BCUT2D eigenvalue weighted by atomic mass is 10.0. The van der Waals surface area contributed by atoms with E-state index in [1.165, 1.54) is 182 Å². The largest absolute Gasteiger partial charge is 0.311 e. The quantitative estimate of drug-likeness (QED) is 0.0908. The average Bonchev–Trinajstić information content (AvgIpc) is 1.59. The van der Waals surface area contributed by atoms with Gasteiger partial charge in [-0.05, 0) is 271 Å². The fraction of sp³-hybridized carbons (Fsp3) is 0. The SMILES string of the molecule is c1ccc(-c2ccc(N(c3ccc(-c4ccccc4)cc3)c3ccc(-n4c5ccccc5c5cc(-c6ccc7c(c6)c6ccccc6n7-c6cccc(-c7ccccc7)c6)ccc54)cc3)cc2)cc1.c1ccc(-c2ccc(N(c3ccc(-c4ccccc4)cc3)c3ccc(-n4c5ccccc5c5cc(-c6ccc7c(c6)c6ccccc6n7-c6cccc7ccccc67)ccc54)cc3)cc2)cc1. The van der Waals surface area contributed by atoms with Crippen LogP contribution in [0.15, 0.2) is 534 Å². The third-order valence-corrected chi connectivity index (χ3v) is 27.2. The molecule has 4 heterocycles. The molecular formula is C130H88N6. The van der Waals surface area contributed by atoms with Crippen LogP contribution in [0.3, 0.4) is 0 Å². The lowest BCUT2D eigenvalue weighted by Crippen LogP contribution is -2.10. The first-order valence-electron chi connectivity index (χ1n) is 46.7. The lowest BCUT2D eigenvalue weighted by Gasteiger charge is -2.26. The lowest BCUT2D eigenvalue weighted by molar-refractivity contribution is 1.17. The van der Waals surface area contributed by atoms with Crippen LogP contribution in [-0.2, 0) is 0 Å². The number of hydrogen-bond acceptors (Lipinski definition) is 2. The maximum absolute atomic E-state index is 2.43. The summed E-state index contributed by atoms with van der Waals surface area (Å²) in [6, 6.07) is 194. The fourth-order valence-corrected chi connectivity index (χ4v) is 20.7. The van der Waals surface area contributed by atoms with Gasteiger partial charge in [0.15, 0.2) is 0 Å². The Kier molecular flexibility index (Phi) is 20.2. The van der Waals surface area contributed by atoms with Gasteiger partial charge in [-0.15, -0.1) is 0 Å². The van der Waals surface area contributed by atoms with Gasteiger partial charge >= 0.3 is 0 Å². The second-order valence-electron chi connectivity index (χ2n) is 35.1. The van der Waals surface area contributed by atoms with Gasteiger partial charge in [-0.1, -0.05) is 346 Å². The number of aromatic nitrogens is 4. The van der Waals surface area contributed by atoms with E-state index in [0.29, 0.717) is 0 Å². The summed E-state index contributed by atoms with van der Waals surface area (Å²) in [5, 5.41) is 12.4. The molecule has 6 nitrogen and oxygen atoms in total. The molecule has 0 aliphatic carbocycles. The van der Waals surface area contributed by atoms with E-state index < -0.39 is 0 Å². The monoisotopic (exact) mass is 1730 g/mol. The molecule has 136 heavy (non-hydrogen) atoms. The molecule has 4 aromatic heterocycles. The number of benzene rings is 22. The number of anilines is 6. The van der Waals surface area contributed by atoms with Crippen LogP contribution in [0.25, 0.3) is 199 Å². The Morgan fingerprint density at radius 3 is 0.662 bits per heavy atom. The third kappa shape index (κ3) is 14.5. The van der Waals surface area contributed by atoms with Crippen LogP contribution in [0, 0.1) is 0 Å². The predicted molar refractivity (Wildman–Crippen MR) is 575 cm³/mol. The zero-order valence-corrected chi connectivity index (χ0v) is 74.5. The molecule has 22 aromatic carbocycles. The maximum atomic E-state index is 2.43. The second-order valence-corrected chi connectivity index (χ2v) is 35.1. The minimum atomic E-state index is 1.09. The molecule has 26 rings (SSSR count). The molecule has 0 aliphatic heterocycles. The first kappa shape index (κ1) is 80.0. The highest BCUT2D eigenvalue weighted by Crippen LogP contribution is 2.46. The molecule has 0 amide bonds. The standard InChI is InChI=1S/C66H45N3.C64H43N3/c1-4-15-46(16-5-1)49-27-33-54(34-28-49)67(55-35-29-50(30-36-55)47-17-6-2-7-18-47)56-37-39-57(40-38-56)68-63-25-12-10-23-59(63)61-44-52(31-41-65(61)68)53-32-42-66-62(45-53)60-24-11-13-26-64(60)69(66)58-22-14-21-51(43-58)48-19-8-3-9-20-48;1-3-14-44(15-4-1)46-26-32-51(33-27-46)65(52-34-28-47(29-35-52)45-16-5-2-6-17-45)53-36-38-54(39-37-53)66-61-23-11-9-21-56(61)58-42-49(30-40-63(58)66)50-31-41-64-59(43-50)57-22-10-12-24-62(57)67(64)60-25-13-19-48-18-7-8-20-55(48)60/h1-45H;1-43H. The van der Waals surface area contributed by atoms with E-state index in [-0.39, 0.29) is 0 Å². The van der Waals surface area contributed by atoms with Crippen LogP contribution >= 0.6 is 0 Å². The van der Waals surface area contributed by atoms with Crippen molar-refractivity contribution in [2.24, 2.45) is 0 Å². The second kappa shape index (κ2) is 34.3. The Morgan fingerprint density at radius 1 is 0.118 bits per heavy atom. The van der Waals surface area contributed by atoms with Crippen LogP contribution in [0.5, 0.6) is 0 Å². The van der Waals surface area contributed by atoms with Crippen molar-refractivity contribution < 1.29 is 0 Å². The number of rotatable bonds is 17. The fourth-order valence-electron chi connectivity index (χ4n) is 20.7. The van der Waals surface area contributed by atoms with Crippen molar-refractivity contribution in [3.8, 4) is 101 Å². The van der Waals surface area contributed by atoms with Crippen molar-refractivity contribution >= 4 is 132 Å². The summed E-state index contributed by atoms with van der Waals surface area (Å²) in [5.41, 5.74) is 37.4. The van der Waals surface area contributed by atoms with Crippen molar-refractivity contribution in [3.05, 3.63) is 534 Å². The van der Waals surface area contributed by atoms with E-state index in [2.05, 4.69) is 562 Å². The van der Waals surface area contributed by atoms with Gasteiger partial charge in [-0.25, -0.2) is 0 Å². The molecule has 26 aromatic rings. The number of nitrogens with zero attached hydrogens (tertiary/aromatic N) is 6. The Hall–Kier alpha value is -18.1. The van der Waals surface area contributed by atoms with Crippen molar-refractivity contribution in [2.45, 2.75) is 0 Å². The summed E-state index contributed by atoms with van der Waals surface area (Å²) in [6.07, 6.45) is 0. The summed E-state index contributed by atoms with van der Waals surface area (Å²) < 4.78 is 9.66. The van der Waals surface area contributed by atoms with Gasteiger partial charge in [-0.2, -0.15) is 0 Å². The van der Waals surface area contributed by atoms with Crippen LogP contribution in [0.1, 0.15) is 0 Å². The predicted octanol–water partition coefficient (Wildman–Crippen LogP) is 35.5. The molecular weight excluding hydrogens is 1650 g/mol. The Labute approximate surface area is 789 Å². The molecule has 0 spiro atoms. The van der Waals surface area contributed by atoms with E-state index in [0.717, 1.165) is 51.2 Å². The van der Waals surface area contributed by atoms with E-state index >= 15 is 0 Å². The zero-order chi connectivity index (χ0) is 89.9. The van der Waals surface area contributed by atoms with Gasteiger partial charge in [0.25, 0.3) is 0 Å². The molecule has 638 valence electrons. The Balaban J connectivity index is 0.000000145. The minimum absolute atomic E-state index is 1.09. The number of para-hydroxylation sites is 4. The van der Waals surface area contributed by atoms with Crippen molar-refractivity contribution in [1.82, 2.24) is 18.3 Å². The average molecular weight is 1730 g/mol. The minimum Gasteiger partial charge on any atom is -0.311 e. The Morgan fingerprint density at radius 2 is 0.331 bits per heavy atom. The normalized spacial score (nSPS) is 11.5. The van der Waals surface area contributed by atoms with Crippen molar-refractivity contribution in [3.63, 3.8) is 0 Å². The molecule has 0 fully saturated rings. The van der Waals surface area contributed by atoms with E-state index in [1.807, 2.05) is 0 Å². The van der Waals surface area contributed by atoms with Gasteiger partial charge in [0, 0.05) is 99.7 Å². The van der Waals surface area contributed by atoms with Gasteiger partial charge in [0.1, 0.15) is 0 Å². The summed E-state index contributed by atoms with van der Waals surface area (Å²) in [5.74, 6) is 0. The highest BCUT2D eigenvalue weighted by Gasteiger charge is 2.24. The zero-order valence-electron chi connectivity index (χ0n) is 74.5. The van der Waals surface area contributed by atoms with Crippen LogP contribution < -0.4 is 9.80 Å². The smallest absolute Gasteiger partial charge is 0.0541 e. The third-order valence-electron chi connectivity index (χ3n) is 27.2. The topological polar surface area (TPSA) is 26.2 Å². The summed E-state index contributed by atoms with van der Waals surface area (Å²) in [6.45, 7) is 0. The van der Waals surface area contributed by atoms with E-state index in [1.54, 1.807) is 0 Å². The van der Waals surface area contributed by atoms with Crippen LogP contribution in [-0.4, -0.2) is 18.3 Å². The molecule has 0 atom stereocenters. The highest BCUT2D eigenvalue weighted by molar-refractivity contribution is 6.16. The maximum Gasteiger partial charge on any atom is 0.0541 e. The molecule has 0 saturated carbocycles. The van der Waals surface area contributed by atoms with Crippen molar-refractivity contribution in [2.75, 3.05) is 9.80 Å². The molecule has 0 saturated heterocycles. The summed E-state index contributed by atoms with van der Waals surface area (Å²) >= 11 is 0. The number of fused-ring (bicyclic) bond motifs is 13. The summed E-state index contributed by atoms with van der Waals surface area (Å²) in [7, 11) is 0. The van der Waals surface area contributed by atoms with E-state index in [9.17, 15) is 0 Å². The van der Waals surface area contributed by atoms with E-state index in [4.69, 9.17) is 0 Å². The van der Waals surface area contributed by atoms with Crippen molar-refractivity contribution in [1.29, 1.82) is 0 Å². The number of hydrogen-bond donors (Lipinski definition) is 0. The molecule has 0 N–H and O–H groups in total. The first-order valence-corrected chi connectivity index (χ1v) is 46.7. The summed E-state index contributed by atoms with van der Waals surface area (Å²) in [4.78, 5) is 4.70. The van der Waals surface area contributed by atoms with Crippen LogP contribution in [0.4, 0.5) is 34.1 Å². The molecule has 0 bridgehead atoms. The molecule has 6 heteroatoms. The van der Waals surface area contributed by atoms with Gasteiger partial charge < -0.3 is 28.1 Å². The van der Waals surface area contributed by atoms with Crippen LogP contribution in [0.2, 0.25) is 0 Å². The highest BCUT2D eigenvalue weighted by atomic mass is 15.2. The molecule has 0 aliphatic rings. The molecule has 0 unspecified atom stereocenters. The Bertz CT molecular complexity index is 8780. The van der Waals surface area contributed by atoms with Gasteiger partial charge in [0.05, 0.1) is 49.8 Å². The first-order chi connectivity index (χ1) is 67.4. The van der Waals surface area contributed by atoms with Gasteiger partial charge in [0.2, 0.25) is 0 Å².